The van der Waals surface area contributed by atoms with Gasteiger partial charge in [-0.05, 0) is 24.3 Å². The fraction of sp³-hybridized carbons (Fsp3) is 0.154. The molecule has 11 heteroatoms. The summed E-state index contributed by atoms with van der Waals surface area (Å²) in [7, 11) is 0. The maximum absolute atomic E-state index is 12.8. The van der Waals surface area contributed by atoms with Gasteiger partial charge >= 0.3 is 12.4 Å². The highest BCUT2D eigenvalue weighted by atomic mass is 19.4. The first-order valence-electron chi connectivity index (χ1n) is 6.07. The second-order valence-electron chi connectivity index (χ2n) is 4.48. The van der Waals surface area contributed by atoms with Crippen molar-refractivity contribution in [3.8, 4) is 11.4 Å². The first-order valence-corrected chi connectivity index (χ1v) is 6.07. The third-order valence-corrected chi connectivity index (χ3v) is 2.72. The highest BCUT2D eigenvalue weighted by molar-refractivity contribution is 5.80. The first-order chi connectivity index (χ1) is 11.0. The average Bonchev–Trinajstić information content (AvgIpc) is 2.91. The van der Waals surface area contributed by atoms with Crippen molar-refractivity contribution in [2.75, 3.05) is 0 Å². The Balaban J connectivity index is 2.52. The average molecular weight is 350 g/mol. The van der Waals surface area contributed by atoms with Gasteiger partial charge in [0.1, 0.15) is 6.33 Å². The van der Waals surface area contributed by atoms with Crippen molar-refractivity contribution >= 4 is 12.2 Å². The van der Waals surface area contributed by atoms with Crippen LogP contribution in [0.4, 0.5) is 26.3 Å². The van der Waals surface area contributed by atoms with Crippen molar-refractivity contribution in [1.29, 1.82) is 0 Å². The molecular formula is C13H6F6N3O2-. The third kappa shape index (κ3) is 4.12. The van der Waals surface area contributed by atoms with Crippen LogP contribution >= 0.6 is 0 Å². The van der Waals surface area contributed by atoms with Gasteiger partial charge in [0.15, 0.2) is 5.82 Å². The molecule has 0 unspecified atom stereocenters. The van der Waals surface area contributed by atoms with Gasteiger partial charge in [0.05, 0.1) is 17.1 Å². The van der Waals surface area contributed by atoms with Crippen molar-refractivity contribution in [1.82, 2.24) is 14.8 Å². The van der Waals surface area contributed by atoms with E-state index in [0.717, 1.165) is 17.2 Å². The topological polar surface area (TPSA) is 70.8 Å². The van der Waals surface area contributed by atoms with E-state index >= 15 is 0 Å². The molecule has 128 valence electrons. The Bertz CT molecular complexity index is 759. The molecule has 0 saturated heterocycles. The maximum atomic E-state index is 12.8. The Labute approximate surface area is 129 Å². The van der Waals surface area contributed by atoms with Crippen LogP contribution in [0.5, 0.6) is 0 Å². The number of halogens is 6. The van der Waals surface area contributed by atoms with Crippen molar-refractivity contribution in [3.63, 3.8) is 0 Å². The molecule has 0 bridgehead atoms. The summed E-state index contributed by atoms with van der Waals surface area (Å²) in [6, 6.07) is 0.922. The largest absolute Gasteiger partial charge is 0.545 e. The highest BCUT2D eigenvalue weighted by Crippen LogP contribution is 2.37. The van der Waals surface area contributed by atoms with Crippen LogP contribution in [0.25, 0.3) is 17.6 Å². The van der Waals surface area contributed by atoms with E-state index < -0.39 is 40.8 Å². The van der Waals surface area contributed by atoms with E-state index in [4.69, 9.17) is 0 Å². The number of hydrogen-bond acceptors (Lipinski definition) is 4. The molecule has 0 atom stereocenters. The molecule has 0 spiro atoms. The zero-order chi connectivity index (χ0) is 18.1. The van der Waals surface area contributed by atoms with E-state index in [1.165, 1.54) is 0 Å². The molecule has 0 aliphatic heterocycles. The number of carboxylic acids is 1. The first kappa shape index (κ1) is 17.5. The molecule has 1 aromatic carbocycles. The van der Waals surface area contributed by atoms with E-state index in [0.29, 0.717) is 18.2 Å². The molecule has 0 fully saturated rings. The van der Waals surface area contributed by atoms with Gasteiger partial charge in [0, 0.05) is 11.8 Å². The summed E-state index contributed by atoms with van der Waals surface area (Å²) in [6.45, 7) is 0. The van der Waals surface area contributed by atoms with Crippen molar-refractivity contribution in [2.45, 2.75) is 12.4 Å². The van der Waals surface area contributed by atoms with Gasteiger partial charge in [0.2, 0.25) is 0 Å². The van der Waals surface area contributed by atoms with E-state index in [2.05, 4.69) is 10.1 Å². The summed E-state index contributed by atoms with van der Waals surface area (Å²) in [5.41, 5.74) is -3.53. The standard InChI is InChI=1S/C13H7F6N3O2/c14-12(15,16)8-3-7(4-9(5-8)13(17,18)19)11-20-6-22(21-11)2-1-10(23)24/h1-6H,(H,23,24)/p-1. The third-order valence-electron chi connectivity index (χ3n) is 2.72. The number of aromatic nitrogens is 3. The van der Waals surface area contributed by atoms with Crippen LogP contribution < -0.4 is 5.11 Å². The normalized spacial score (nSPS) is 12.8. The quantitative estimate of drug-likeness (QED) is 0.629. The molecule has 0 aliphatic carbocycles. The molecule has 1 heterocycles. The number of nitrogens with zero attached hydrogens (tertiary/aromatic N) is 3. The molecule has 5 nitrogen and oxygen atoms in total. The fourth-order valence-electron chi connectivity index (χ4n) is 1.70. The van der Waals surface area contributed by atoms with Crippen LogP contribution in [0.15, 0.2) is 30.6 Å². The summed E-state index contributed by atoms with van der Waals surface area (Å²) in [5.74, 6) is -2.00. The van der Waals surface area contributed by atoms with Gasteiger partial charge in [-0.25, -0.2) is 9.67 Å². The van der Waals surface area contributed by atoms with E-state index in [1.807, 2.05) is 0 Å². The molecule has 2 aromatic rings. The summed E-state index contributed by atoms with van der Waals surface area (Å²) in [6.07, 6.45) is -7.64. The number of rotatable bonds is 3. The number of alkyl halides is 6. The molecule has 0 aliphatic rings. The second-order valence-corrected chi connectivity index (χ2v) is 4.48. The number of carbonyl (C=O) groups is 1. The fourth-order valence-corrected chi connectivity index (χ4v) is 1.70. The predicted octanol–water partition coefficient (Wildman–Crippen LogP) is 2.20. The summed E-state index contributed by atoms with van der Waals surface area (Å²) in [5, 5.41) is 13.8. The van der Waals surface area contributed by atoms with Crippen LogP contribution in [-0.2, 0) is 17.1 Å². The Morgan fingerprint density at radius 1 is 1.04 bits per heavy atom. The molecular weight excluding hydrogens is 344 g/mol. The predicted molar refractivity (Wildman–Crippen MR) is 65.8 cm³/mol. The maximum Gasteiger partial charge on any atom is 0.416 e. The lowest BCUT2D eigenvalue weighted by Crippen LogP contribution is -2.18. The van der Waals surface area contributed by atoms with Crippen molar-refractivity contribution < 1.29 is 36.2 Å². The van der Waals surface area contributed by atoms with Gasteiger partial charge in [0.25, 0.3) is 0 Å². The van der Waals surface area contributed by atoms with Gasteiger partial charge in [-0.1, -0.05) is 0 Å². The highest BCUT2D eigenvalue weighted by Gasteiger charge is 2.37. The number of carbonyl (C=O) groups excluding carboxylic acids is 1. The minimum Gasteiger partial charge on any atom is -0.545 e. The van der Waals surface area contributed by atoms with Crippen LogP contribution in [0.3, 0.4) is 0 Å². The van der Waals surface area contributed by atoms with Gasteiger partial charge < -0.3 is 9.90 Å². The molecule has 0 amide bonds. The Morgan fingerprint density at radius 3 is 2.04 bits per heavy atom. The van der Waals surface area contributed by atoms with Gasteiger partial charge in [-0.15, -0.1) is 5.10 Å². The number of carboxylic acid groups (broad SMARTS) is 1. The Hall–Kier alpha value is -2.85. The van der Waals surface area contributed by atoms with E-state index in [9.17, 15) is 36.2 Å². The summed E-state index contributed by atoms with van der Waals surface area (Å²) >= 11 is 0. The minimum atomic E-state index is -4.99. The molecule has 24 heavy (non-hydrogen) atoms. The molecule has 0 radical (unpaired) electrons. The van der Waals surface area contributed by atoms with E-state index in [1.54, 1.807) is 0 Å². The molecule has 0 N–H and O–H groups in total. The number of hydrogen-bond donors (Lipinski definition) is 0. The molecule has 1 aromatic heterocycles. The van der Waals surface area contributed by atoms with Crippen LogP contribution in [0.1, 0.15) is 11.1 Å². The zero-order valence-electron chi connectivity index (χ0n) is 11.4. The SMILES string of the molecule is O=C([O-])C=Cn1cnc(-c2cc(C(F)(F)F)cc(C(F)(F)F)c2)n1. The van der Waals surface area contributed by atoms with E-state index in [-0.39, 0.29) is 6.07 Å². The van der Waals surface area contributed by atoms with Crippen molar-refractivity contribution in [3.05, 3.63) is 41.7 Å². The number of benzene rings is 1. The van der Waals surface area contributed by atoms with Crippen LogP contribution in [-0.4, -0.2) is 20.7 Å². The minimum absolute atomic E-state index is 0.0174. The second kappa shape index (κ2) is 5.98. The molecule has 0 saturated carbocycles. The zero-order valence-corrected chi connectivity index (χ0v) is 11.4. The number of aliphatic carboxylic acids is 1. The lowest BCUT2D eigenvalue weighted by Gasteiger charge is -2.13. The van der Waals surface area contributed by atoms with Crippen LogP contribution in [0.2, 0.25) is 0 Å². The molecule has 2 rings (SSSR count). The Kier molecular flexibility index (Phi) is 4.36. The lowest BCUT2D eigenvalue weighted by molar-refractivity contribution is -0.297. The van der Waals surface area contributed by atoms with Crippen LogP contribution in [0, 0.1) is 0 Å². The monoisotopic (exact) mass is 350 g/mol. The summed E-state index contributed by atoms with van der Waals surface area (Å²) in [4.78, 5) is 13.8. The van der Waals surface area contributed by atoms with Gasteiger partial charge in [-0.3, -0.25) is 0 Å². The Morgan fingerprint density at radius 2 is 1.58 bits per heavy atom. The van der Waals surface area contributed by atoms with Crippen molar-refractivity contribution in [2.24, 2.45) is 0 Å². The van der Waals surface area contributed by atoms with Gasteiger partial charge in [-0.2, -0.15) is 26.3 Å². The summed E-state index contributed by atoms with van der Waals surface area (Å²) < 4.78 is 77.4. The smallest absolute Gasteiger partial charge is 0.416 e. The lowest BCUT2D eigenvalue weighted by atomic mass is 10.0.